The standard InChI is InChI=1S/C20H19BrN6O2/c1-29-17-7-4-14(21)8-13(17)11-27-18-16(25-20(27)28)10-24-19(26-18)23-9-12-2-5-15(22)6-3-12/h2-8,10H,9,11,22H2,1H3,(H,25,28)(H,23,24,26). The maximum absolute atomic E-state index is 12.5. The molecule has 4 rings (SSSR count). The van der Waals surface area contributed by atoms with E-state index in [-0.39, 0.29) is 5.69 Å². The zero-order chi connectivity index (χ0) is 20.4. The van der Waals surface area contributed by atoms with Gasteiger partial charge in [-0.1, -0.05) is 28.1 Å². The highest BCUT2D eigenvalue weighted by atomic mass is 79.9. The number of nitrogens with two attached hydrogens (primary N) is 1. The van der Waals surface area contributed by atoms with Crippen LogP contribution in [0.1, 0.15) is 11.1 Å². The number of aromatic nitrogens is 4. The van der Waals surface area contributed by atoms with Crippen LogP contribution in [0, 0.1) is 0 Å². The van der Waals surface area contributed by atoms with Gasteiger partial charge in [-0.2, -0.15) is 4.98 Å². The van der Waals surface area contributed by atoms with Crippen LogP contribution in [0.3, 0.4) is 0 Å². The molecule has 0 bridgehead atoms. The molecule has 2 heterocycles. The van der Waals surface area contributed by atoms with E-state index in [9.17, 15) is 4.79 Å². The Labute approximate surface area is 174 Å². The van der Waals surface area contributed by atoms with Crippen LogP contribution in [-0.2, 0) is 13.1 Å². The van der Waals surface area contributed by atoms with Gasteiger partial charge in [0.15, 0.2) is 5.65 Å². The molecular formula is C20H19BrN6O2. The summed E-state index contributed by atoms with van der Waals surface area (Å²) in [5.74, 6) is 1.13. The number of nitrogen functional groups attached to an aromatic ring is 1. The summed E-state index contributed by atoms with van der Waals surface area (Å²) >= 11 is 3.46. The maximum atomic E-state index is 12.5. The van der Waals surface area contributed by atoms with Gasteiger partial charge in [-0.15, -0.1) is 0 Å². The number of nitrogens with one attached hydrogen (secondary N) is 2. The van der Waals surface area contributed by atoms with Crippen molar-refractivity contribution in [3.8, 4) is 5.75 Å². The van der Waals surface area contributed by atoms with Crippen LogP contribution in [0.2, 0.25) is 0 Å². The molecule has 0 spiro atoms. The van der Waals surface area contributed by atoms with Crippen molar-refractivity contribution in [2.75, 3.05) is 18.2 Å². The first-order valence-corrected chi connectivity index (χ1v) is 9.69. The smallest absolute Gasteiger partial charge is 0.328 e. The summed E-state index contributed by atoms with van der Waals surface area (Å²) in [6, 6.07) is 13.2. The summed E-state index contributed by atoms with van der Waals surface area (Å²) in [7, 11) is 1.60. The normalized spacial score (nSPS) is 11.0. The second-order valence-electron chi connectivity index (χ2n) is 6.50. The number of nitrogens with zero attached hydrogens (tertiary/aromatic N) is 3. The molecular weight excluding hydrogens is 436 g/mol. The number of aromatic amines is 1. The number of fused-ring (bicyclic) bond motifs is 1. The predicted octanol–water partition coefficient (Wildman–Crippen LogP) is 3.13. The number of hydrogen-bond acceptors (Lipinski definition) is 6. The van der Waals surface area contributed by atoms with Gasteiger partial charge in [0.1, 0.15) is 11.3 Å². The van der Waals surface area contributed by atoms with E-state index in [0.717, 1.165) is 15.6 Å². The summed E-state index contributed by atoms with van der Waals surface area (Å²) in [6.07, 6.45) is 1.60. The number of benzene rings is 2. The van der Waals surface area contributed by atoms with Gasteiger partial charge in [0.25, 0.3) is 0 Å². The molecule has 0 aliphatic rings. The molecule has 148 valence electrons. The minimum Gasteiger partial charge on any atom is -0.496 e. The van der Waals surface area contributed by atoms with Crippen molar-refractivity contribution in [1.82, 2.24) is 19.5 Å². The number of halogens is 1. The molecule has 2 aromatic carbocycles. The highest BCUT2D eigenvalue weighted by Gasteiger charge is 2.13. The summed E-state index contributed by atoms with van der Waals surface area (Å²) < 4.78 is 7.89. The molecule has 0 radical (unpaired) electrons. The third kappa shape index (κ3) is 4.09. The van der Waals surface area contributed by atoms with Gasteiger partial charge in [0.05, 0.1) is 19.9 Å². The van der Waals surface area contributed by atoms with Gasteiger partial charge in [0, 0.05) is 22.3 Å². The lowest BCUT2D eigenvalue weighted by Crippen LogP contribution is -2.18. The van der Waals surface area contributed by atoms with E-state index in [2.05, 4.69) is 36.2 Å². The number of methoxy groups -OCH3 is 1. The van der Waals surface area contributed by atoms with E-state index in [4.69, 9.17) is 10.5 Å². The highest BCUT2D eigenvalue weighted by Crippen LogP contribution is 2.24. The van der Waals surface area contributed by atoms with Gasteiger partial charge in [-0.05, 0) is 35.9 Å². The minimum absolute atomic E-state index is 0.257. The van der Waals surface area contributed by atoms with Crippen molar-refractivity contribution < 1.29 is 4.74 Å². The third-order valence-corrected chi connectivity index (χ3v) is 5.01. The van der Waals surface area contributed by atoms with E-state index in [1.54, 1.807) is 17.9 Å². The maximum Gasteiger partial charge on any atom is 0.328 e. The fraction of sp³-hybridized carbons (Fsp3) is 0.150. The number of H-pyrrole nitrogens is 1. The molecule has 0 saturated carbocycles. The van der Waals surface area contributed by atoms with Crippen molar-refractivity contribution in [3.05, 3.63) is 74.7 Å². The highest BCUT2D eigenvalue weighted by molar-refractivity contribution is 9.10. The fourth-order valence-electron chi connectivity index (χ4n) is 3.04. The van der Waals surface area contributed by atoms with Crippen LogP contribution in [0.25, 0.3) is 11.2 Å². The molecule has 9 heteroatoms. The summed E-state index contributed by atoms with van der Waals surface area (Å²) in [5.41, 5.74) is 9.17. The lowest BCUT2D eigenvalue weighted by molar-refractivity contribution is 0.408. The molecule has 0 fully saturated rings. The molecule has 0 amide bonds. The number of rotatable bonds is 6. The van der Waals surface area contributed by atoms with Crippen molar-refractivity contribution in [2.24, 2.45) is 0 Å². The van der Waals surface area contributed by atoms with Crippen molar-refractivity contribution >= 4 is 38.7 Å². The Balaban J connectivity index is 1.64. The second-order valence-corrected chi connectivity index (χ2v) is 7.41. The van der Waals surface area contributed by atoms with Gasteiger partial charge >= 0.3 is 5.69 Å². The van der Waals surface area contributed by atoms with Crippen LogP contribution in [0.4, 0.5) is 11.6 Å². The van der Waals surface area contributed by atoms with Crippen LogP contribution in [0.15, 0.2) is 57.9 Å². The SMILES string of the molecule is COc1ccc(Br)cc1Cn1c(=O)[nH]c2cnc(NCc3ccc(N)cc3)nc21. The molecule has 0 unspecified atom stereocenters. The van der Waals surface area contributed by atoms with Crippen LogP contribution >= 0.6 is 15.9 Å². The number of hydrogen-bond donors (Lipinski definition) is 3. The minimum atomic E-state index is -0.257. The molecule has 4 N–H and O–H groups in total. The third-order valence-electron chi connectivity index (χ3n) is 4.51. The number of anilines is 2. The monoisotopic (exact) mass is 454 g/mol. The van der Waals surface area contributed by atoms with Crippen LogP contribution < -0.4 is 21.5 Å². The van der Waals surface area contributed by atoms with Gasteiger partial charge < -0.3 is 20.8 Å². The zero-order valence-corrected chi connectivity index (χ0v) is 17.2. The first-order chi connectivity index (χ1) is 14.0. The molecule has 4 aromatic rings. The number of ether oxygens (including phenoxy) is 1. The topological polar surface area (TPSA) is 111 Å². The quantitative estimate of drug-likeness (QED) is 0.386. The van der Waals surface area contributed by atoms with Crippen molar-refractivity contribution in [2.45, 2.75) is 13.1 Å². The van der Waals surface area contributed by atoms with Crippen LogP contribution in [0.5, 0.6) is 5.75 Å². The van der Waals surface area contributed by atoms with Crippen LogP contribution in [-0.4, -0.2) is 26.6 Å². The van der Waals surface area contributed by atoms with E-state index in [0.29, 0.717) is 41.6 Å². The Morgan fingerprint density at radius 1 is 1.24 bits per heavy atom. The van der Waals surface area contributed by atoms with E-state index >= 15 is 0 Å². The largest absolute Gasteiger partial charge is 0.496 e. The zero-order valence-electron chi connectivity index (χ0n) is 15.6. The molecule has 2 aromatic heterocycles. The molecule has 0 aliphatic carbocycles. The average Bonchev–Trinajstić information content (AvgIpc) is 3.02. The Morgan fingerprint density at radius 3 is 2.79 bits per heavy atom. The lowest BCUT2D eigenvalue weighted by atomic mass is 10.2. The van der Waals surface area contributed by atoms with E-state index in [1.165, 1.54) is 0 Å². The average molecular weight is 455 g/mol. The first-order valence-electron chi connectivity index (χ1n) is 8.90. The van der Waals surface area contributed by atoms with Gasteiger partial charge in [-0.25, -0.2) is 9.78 Å². The van der Waals surface area contributed by atoms with Gasteiger partial charge in [-0.3, -0.25) is 4.57 Å². The predicted molar refractivity (Wildman–Crippen MR) is 116 cm³/mol. The molecule has 8 nitrogen and oxygen atoms in total. The van der Waals surface area contributed by atoms with E-state index < -0.39 is 0 Å². The summed E-state index contributed by atoms with van der Waals surface area (Å²) in [5, 5.41) is 3.18. The molecule has 29 heavy (non-hydrogen) atoms. The Morgan fingerprint density at radius 2 is 2.03 bits per heavy atom. The molecule has 0 saturated heterocycles. The van der Waals surface area contributed by atoms with Crippen molar-refractivity contribution in [1.29, 1.82) is 0 Å². The van der Waals surface area contributed by atoms with E-state index in [1.807, 2.05) is 42.5 Å². The van der Waals surface area contributed by atoms with Gasteiger partial charge in [0.2, 0.25) is 5.95 Å². The lowest BCUT2D eigenvalue weighted by Gasteiger charge is -2.10. The summed E-state index contributed by atoms with van der Waals surface area (Å²) in [4.78, 5) is 24.1. The first kappa shape index (κ1) is 19.0. The number of imidazole rings is 1. The fourth-order valence-corrected chi connectivity index (χ4v) is 3.44. The Hall–Kier alpha value is -3.33. The molecule has 0 aliphatic heterocycles. The Bertz CT molecular complexity index is 1220. The second kappa shape index (κ2) is 7.96. The van der Waals surface area contributed by atoms with Crippen molar-refractivity contribution in [3.63, 3.8) is 0 Å². The molecule has 0 atom stereocenters. The Kier molecular flexibility index (Phi) is 5.22. The summed E-state index contributed by atoms with van der Waals surface area (Å²) in [6.45, 7) is 0.857.